The van der Waals surface area contributed by atoms with Gasteiger partial charge in [0, 0.05) is 13.1 Å². The van der Waals surface area contributed by atoms with Crippen LogP contribution in [0.3, 0.4) is 0 Å². The molecule has 0 saturated carbocycles. The molecule has 0 bridgehead atoms. The van der Waals surface area contributed by atoms with Crippen molar-refractivity contribution < 1.29 is 32.6 Å². The van der Waals surface area contributed by atoms with Gasteiger partial charge in [0.15, 0.2) is 0 Å². The van der Waals surface area contributed by atoms with Crippen LogP contribution in [0, 0.1) is 17.3 Å². The van der Waals surface area contributed by atoms with E-state index in [1.807, 2.05) is 41.5 Å². The zero-order valence-electron chi connectivity index (χ0n) is 27.1. The van der Waals surface area contributed by atoms with Crippen LogP contribution < -0.4 is 20.3 Å². The summed E-state index contributed by atoms with van der Waals surface area (Å²) in [5, 5.41) is 19.3. The smallest absolute Gasteiger partial charge is 0.413 e. The molecular weight excluding hydrogens is 636 g/mol. The third-order valence-electron chi connectivity index (χ3n) is 7.09. The Kier molecular flexibility index (Phi) is 11.9. The fourth-order valence-corrected chi connectivity index (χ4v) is 6.51. The number of fused-ring (bicyclic) bond motifs is 1. The number of aromatic nitrogens is 2. The van der Waals surface area contributed by atoms with Gasteiger partial charge in [0.2, 0.25) is 17.8 Å². The third kappa shape index (κ3) is 9.03. The number of aromatic amines is 1. The molecule has 1 heterocycles. The maximum atomic E-state index is 14.1. The molecular formula is C31H43ClN6O7S. The number of carbonyl (C=O) groups excluding carboxylic acids is 3. The van der Waals surface area contributed by atoms with Gasteiger partial charge in [-0.3, -0.25) is 19.2 Å². The van der Waals surface area contributed by atoms with E-state index in [0.717, 1.165) is 0 Å². The van der Waals surface area contributed by atoms with Gasteiger partial charge >= 0.3 is 6.09 Å². The van der Waals surface area contributed by atoms with Gasteiger partial charge in [0.1, 0.15) is 17.7 Å². The summed E-state index contributed by atoms with van der Waals surface area (Å²) < 4.78 is 33.9. The quantitative estimate of drug-likeness (QED) is 0.165. The van der Waals surface area contributed by atoms with Crippen LogP contribution in [0.4, 0.5) is 16.4 Å². The maximum Gasteiger partial charge on any atom is 0.413 e. The van der Waals surface area contributed by atoms with E-state index in [4.69, 9.17) is 11.6 Å². The highest BCUT2D eigenvalue weighted by Gasteiger charge is 2.33. The van der Waals surface area contributed by atoms with E-state index >= 15 is 0 Å². The van der Waals surface area contributed by atoms with E-state index in [0.29, 0.717) is 23.0 Å². The number of hydrogen-bond acceptors (Lipinski definition) is 8. The average Bonchev–Trinajstić information content (AvgIpc) is 3.39. The van der Waals surface area contributed by atoms with Gasteiger partial charge in [-0.2, -0.15) is 0 Å². The molecule has 5 N–H and O–H groups in total. The number of ether oxygens (including phenoxy) is 1. The Hall–Kier alpha value is -4.04. The number of phenols is 1. The maximum absolute atomic E-state index is 14.1. The first kappa shape index (κ1) is 36.4. The Morgan fingerprint density at radius 2 is 1.83 bits per heavy atom. The normalized spacial score (nSPS) is 13.2. The van der Waals surface area contributed by atoms with Crippen molar-refractivity contribution in [3.8, 4) is 5.75 Å². The lowest BCUT2D eigenvalue weighted by atomic mass is 9.86. The minimum absolute atomic E-state index is 0.0488. The highest BCUT2D eigenvalue weighted by molar-refractivity contribution is 7.92. The molecule has 0 radical (unpaired) electrons. The van der Waals surface area contributed by atoms with E-state index in [9.17, 15) is 27.9 Å². The highest BCUT2D eigenvalue weighted by atomic mass is 35.5. The van der Waals surface area contributed by atoms with Crippen LogP contribution in [-0.4, -0.2) is 73.5 Å². The first-order valence-corrected chi connectivity index (χ1v) is 16.8. The molecule has 3 rings (SSSR count). The van der Waals surface area contributed by atoms with Crippen molar-refractivity contribution in [2.45, 2.75) is 58.9 Å². The third-order valence-corrected chi connectivity index (χ3v) is 9.11. The molecule has 0 spiro atoms. The Morgan fingerprint density at radius 3 is 2.43 bits per heavy atom. The van der Waals surface area contributed by atoms with E-state index in [-0.39, 0.29) is 59.0 Å². The SMILES string of the molecule is COC(=O)Nc1nc2cc(S(=O)(=O)N(CC(C)C)c3cccc(CC(C)CNC(=O)[C@H](NC(=O)CCl)C(C)(C)C)c3O)ccc2[nH]1. The number of anilines is 2. The standard InChI is InChI=1S/C31H43ClN6O7S/c1-18(2)17-38(46(43,44)21-11-12-22-23(14-21)35-29(34-22)37-30(42)45-7)24-10-8-9-20(26(24)40)13-19(3)16-33-28(41)27(31(4,5)6)36-25(39)15-32/h8-12,14,18-19,27,40H,13,15-17H2,1-7H3,(H,33,41)(H,36,39)(H2,34,35,37,42)/t19?,27-/m0/s1. The molecule has 0 aliphatic carbocycles. The van der Waals surface area contributed by atoms with Crippen molar-refractivity contribution in [3.05, 3.63) is 42.0 Å². The number of hydrogen-bond donors (Lipinski definition) is 5. The molecule has 0 fully saturated rings. The second-order valence-corrected chi connectivity index (χ2v) is 14.8. The van der Waals surface area contributed by atoms with Crippen LogP contribution in [0.1, 0.15) is 47.1 Å². The predicted octanol–water partition coefficient (Wildman–Crippen LogP) is 4.36. The number of nitrogens with one attached hydrogen (secondary N) is 4. The lowest BCUT2D eigenvalue weighted by Crippen LogP contribution is -2.54. The molecule has 1 unspecified atom stereocenters. The lowest BCUT2D eigenvalue weighted by Gasteiger charge is -2.30. The van der Waals surface area contributed by atoms with E-state index in [2.05, 4.69) is 30.7 Å². The summed E-state index contributed by atoms with van der Waals surface area (Å²) in [7, 11) is -2.96. The number of phenolic OH excluding ortho intramolecular Hbond substituents is 1. The van der Waals surface area contributed by atoms with E-state index < -0.39 is 33.5 Å². The molecule has 2 aromatic carbocycles. The van der Waals surface area contributed by atoms with E-state index in [1.165, 1.54) is 23.5 Å². The number of nitrogens with zero attached hydrogens (tertiary/aromatic N) is 2. The largest absolute Gasteiger partial charge is 0.505 e. The predicted molar refractivity (Wildman–Crippen MR) is 178 cm³/mol. The van der Waals surface area contributed by atoms with Gasteiger partial charge in [-0.1, -0.05) is 53.7 Å². The Balaban J connectivity index is 1.85. The van der Waals surface area contributed by atoms with Crippen molar-refractivity contribution in [1.82, 2.24) is 20.6 Å². The van der Waals surface area contributed by atoms with Crippen LogP contribution in [0.15, 0.2) is 41.3 Å². The molecule has 15 heteroatoms. The Morgan fingerprint density at radius 1 is 1.13 bits per heavy atom. The van der Waals surface area contributed by atoms with E-state index in [1.54, 1.807) is 24.3 Å². The number of H-pyrrole nitrogens is 1. The average molecular weight is 679 g/mol. The van der Waals surface area contributed by atoms with Gasteiger partial charge in [-0.05, 0) is 53.5 Å². The summed E-state index contributed by atoms with van der Waals surface area (Å²) >= 11 is 5.62. The molecule has 1 aromatic heterocycles. The summed E-state index contributed by atoms with van der Waals surface area (Å²) in [5.74, 6) is -1.39. The summed E-state index contributed by atoms with van der Waals surface area (Å²) in [4.78, 5) is 43.5. The number of halogens is 1. The minimum Gasteiger partial charge on any atom is -0.505 e. The summed E-state index contributed by atoms with van der Waals surface area (Å²) in [6.07, 6.45) is -0.397. The molecule has 3 aromatic rings. The zero-order chi connectivity index (χ0) is 34.4. The molecule has 2 atom stereocenters. The molecule has 3 amide bonds. The van der Waals surface area contributed by atoms with Crippen molar-refractivity contribution in [2.24, 2.45) is 17.3 Å². The molecule has 0 aliphatic rings. The van der Waals surface area contributed by atoms with Gasteiger partial charge < -0.3 is 25.5 Å². The topological polar surface area (TPSA) is 183 Å². The zero-order valence-corrected chi connectivity index (χ0v) is 28.7. The number of amides is 3. The Labute approximate surface area is 274 Å². The highest BCUT2D eigenvalue weighted by Crippen LogP contribution is 2.36. The van der Waals surface area contributed by atoms with Crippen LogP contribution in [0.5, 0.6) is 5.75 Å². The van der Waals surface area contributed by atoms with Crippen molar-refractivity contribution in [2.75, 3.05) is 35.7 Å². The first-order valence-electron chi connectivity index (χ1n) is 14.8. The molecule has 252 valence electrons. The minimum atomic E-state index is -4.18. The summed E-state index contributed by atoms with van der Waals surface area (Å²) in [5.41, 5.74) is 0.877. The molecule has 0 aliphatic heterocycles. The number of methoxy groups -OCH3 is 1. The van der Waals surface area contributed by atoms with Crippen LogP contribution in [0.25, 0.3) is 11.0 Å². The van der Waals surface area contributed by atoms with Crippen LogP contribution >= 0.6 is 11.6 Å². The number of para-hydroxylation sites is 1. The second kappa shape index (κ2) is 15.0. The summed E-state index contributed by atoms with van der Waals surface area (Å²) in [6, 6.07) is 8.50. The second-order valence-electron chi connectivity index (χ2n) is 12.7. The fraction of sp³-hybridized carbons (Fsp3) is 0.484. The van der Waals surface area contributed by atoms with Crippen molar-refractivity contribution >= 4 is 62.2 Å². The Bertz CT molecular complexity index is 1670. The number of sulfonamides is 1. The van der Waals surface area contributed by atoms with Gasteiger partial charge in [-0.25, -0.2) is 18.2 Å². The number of carbonyl (C=O) groups is 3. The molecule has 46 heavy (non-hydrogen) atoms. The van der Waals surface area contributed by atoms with Crippen molar-refractivity contribution in [3.63, 3.8) is 0 Å². The van der Waals surface area contributed by atoms with Gasteiger partial charge in [0.05, 0.1) is 28.7 Å². The van der Waals surface area contributed by atoms with Crippen molar-refractivity contribution in [1.29, 1.82) is 0 Å². The summed E-state index contributed by atoms with van der Waals surface area (Å²) in [6.45, 7) is 11.5. The first-order chi connectivity index (χ1) is 21.5. The van der Waals surface area contributed by atoms with Crippen LogP contribution in [0.2, 0.25) is 0 Å². The number of imidazole rings is 1. The van der Waals surface area contributed by atoms with Gasteiger partial charge in [-0.15, -0.1) is 11.6 Å². The fourth-order valence-electron chi connectivity index (χ4n) is 4.78. The van der Waals surface area contributed by atoms with Crippen LogP contribution in [-0.2, 0) is 30.8 Å². The number of aromatic hydroxyl groups is 1. The lowest BCUT2D eigenvalue weighted by molar-refractivity contribution is -0.130. The van der Waals surface area contributed by atoms with Gasteiger partial charge in [0.25, 0.3) is 10.0 Å². The number of benzene rings is 2. The number of rotatable bonds is 13. The molecule has 13 nitrogen and oxygen atoms in total. The number of alkyl halides is 1. The molecule has 0 saturated heterocycles. The monoisotopic (exact) mass is 678 g/mol.